The van der Waals surface area contributed by atoms with E-state index >= 15 is 0 Å². The third-order valence-corrected chi connectivity index (χ3v) is 3.98. The fourth-order valence-corrected chi connectivity index (χ4v) is 2.42. The Hall–Kier alpha value is -0.660. The topological polar surface area (TPSA) is 83.9 Å². The van der Waals surface area contributed by atoms with Crippen LogP contribution in [0.5, 0.6) is 0 Å². The van der Waals surface area contributed by atoms with Crippen molar-refractivity contribution in [3.05, 3.63) is 0 Å². The van der Waals surface area contributed by atoms with Crippen LogP contribution in [0.2, 0.25) is 0 Å². The first-order valence-electron chi connectivity index (χ1n) is 6.54. The number of sulfonamides is 1. The van der Waals surface area contributed by atoms with Gasteiger partial charge in [0.05, 0.1) is 12.2 Å². The van der Waals surface area contributed by atoms with E-state index in [-0.39, 0.29) is 6.54 Å². The molecule has 114 valence electrons. The minimum atomic E-state index is -3.38. The molecule has 0 spiro atoms. The number of carboxylic acids is 1. The van der Waals surface area contributed by atoms with E-state index in [0.717, 1.165) is 19.1 Å². The molecule has 0 saturated heterocycles. The molecule has 0 aliphatic carbocycles. The number of hydrogen-bond acceptors (Lipinski definition) is 4. The molecule has 1 atom stereocenters. The zero-order valence-electron chi connectivity index (χ0n) is 12.0. The standard InChI is InChI=1S/C12H25NO5S/c1-4-5-8-18-9-6-7-13(19(3,16)17)10-11(2)12(14)15/h11H,4-10H2,1-3H3,(H,14,15). The van der Waals surface area contributed by atoms with Crippen molar-refractivity contribution in [1.82, 2.24) is 4.31 Å². The van der Waals surface area contributed by atoms with Gasteiger partial charge in [-0.1, -0.05) is 20.3 Å². The number of hydrogen-bond donors (Lipinski definition) is 1. The Kier molecular flexibility index (Phi) is 8.95. The Morgan fingerprint density at radius 3 is 2.37 bits per heavy atom. The predicted octanol–water partition coefficient (Wildman–Crippen LogP) is 1.18. The molecule has 1 unspecified atom stereocenters. The second-order valence-corrected chi connectivity index (χ2v) is 6.66. The molecule has 0 aliphatic heterocycles. The van der Waals surface area contributed by atoms with Gasteiger partial charge in [0.25, 0.3) is 0 Å². The molecule has 0 aromatic heterocycles. The van der Waals surface area contributed by atoms with Crippen molar-refractivity contribution in [3.8, 4) is 0 Å². The molecule has 0 amide bonds. The lowest BCUT2D eigenvalue weighted by Gasteiger charge is -2.21. The van der Waals surface area contributed by atoms with Gasteiger partial charge in [0.1, 0.15) is 0 Å². The van der Waals surface area contributed by atoms with Crippen molar-refractivity contribution in [2.45, 2.75) is 33.1 Å². The van der Waals surface area contributed by atoms with Crippen molar-refractivity contribution >= 4 is 16.0 Å². The number of unbranched alkanes of at least 4 members (excludes halogenated alkanes) is 1. The fourth-order valence-electron chi connectivity index (χ4n) is 1.47. The first kappa shape index (κ1) is 18.3. The Balaban J connectivity index is 4.13. The lowest BCUT2D eigenvalue weighted by atomic mass is 10.2. The highest BCUT2D eigenvalue weighted by Gasteiger charge is 2.22. The summed E-state index contributed by atoms with van der Waals surface area (Å²) in [6.45, 7) is 5.04. The molecule has 6 nitrogen and oxygen atoms in total. The summed E-state index contributed by atoms with van der Waals surface area (Å²) in [5.41, 5.74) is 0. The molecule has 0 bridgehead atoms. The van der Waals surface area contributed by atoms with Crippen LogP contribution in [0.15, 0.2) is 0 Å². The predicted molar refractivity (Wildman–Crippen MR) is 73.6 cm³/mol. The summed E-state index contributed by atoms with van der Waals surface area (Å²) in [5.74, 6) is -1.71. The maximum atomic E-state index is 11.5. The number of carboxylic acid groups (broad SMARTS) is 1. The molecule has 7 heteroatoms. The molecule has 0 heterocycles. The summed E-state index contributed by atoms with van der Waals surface area (Å²) < 4.78 is 29.7. The summed E-state index contributed by atoms with van der Waals surface area (Å²) in [7, 11) is -3.38. The highest BCUT2D eigenvalue weighted by atomic mass is 32.2. The van der Waals surface area contributed by atoms with Crippen LogP contribution in [0.25, 0.3) is 0 Å². The zero-order valence-corrected chi connectivity index (χ0v) is 12.8. The Bertz CT molecular complexity index is 355. The van der Waals surface area contributed by atoms with Crippen molar-refractivity contribution in [3.63, 3.8) is 0 Å². The van der Waals surface area contributed by atoms with Crippen LogP contribution in [0, 0.1) is 5.92 Å². The van der Waals surface area contributed by atoms with E-state index < -0.39 is 21.9 Å². The average Bonchev–Trinajstić information content (AvgIpc) is 2.30. The van der Waals surface area contributed by atoms with Gasteiger partial charge in [-0.05, 0) is 12.8 Å². The van der Waals surface area contributed by atoms with Crippen LogP contribution in [-0.4, -0.2) is 56.4 Å². The van der Waals surface area contributed by atoms with Crippen LogP contribution in [-0.2, 0) is 19.6 Å². The largest absolute Gasteiger partial charge is 0.481 e. The van der Waals surface area contributed by atoms with E-state index in [1.165, 1.54) is 11.2 Å². The van der Waals surface area contributed by atoms with Gasteiger partial charge in [0, 0.05) is 26.3 Å². The summed E-state index contributed by atoms with van der Waals surface area (Å²) in [5, 5.41) is 8.82. The normalized spacial score (nSPS) is 13.7. The van der Waals surface area contributed by atoms with Gasteiger partial charge in [0.2, 0.25) is 10.0 Å². The smallest absolute Gasteiger partial charge is 0.307 e. The summed E-state index contributed by atoms with van der Waals surface area (Å²) in [4.78, 5) is 10.8. The van der Waals surface area contributed by atoms with Crippen molar-refractivity contribution in [2.75, 3.05) is 32.6 Å². The molecular weight excluding hydrogens is 270 g/mol. The molecule has 0 rings (SSSR count). The molecule has 0 aromatic carbocycles. The average molecular weight is 295 g/mol. The first-order valence-corrected chi connectivity index (χ1v) is 8.39. The van der Waals surface area contributed by atoms with E-state index in [0.29, 0.717) is 26.2 Å². The summed E-state index contributed by atoms with van der Waals surface area (Å²) in [6, 6.07) is 0. The first-order chi connectivity index (χ1) is 8.79. The third-order valence-electron chi connectivity index (χ3n) is 2.71. The third kappa shape index (κ3) is 8.96. The Morgan fingerprint density at radius 2 is 1.89 bits per heavy atom. The van der Waals surface area contributed by atoms with E-state index in [2.05, 4.69) is 6.92 Å². The van der Waals surface area contributed by atoms with Crippen molar-refractivity contribution < 1.29 is 23.1 Å². The summed E-state index contributed by atoms with van der Waals surface area (Å²) >= 11 is 0. The van der Waals surface area contributed by atoms with Crippen LogP contribution >= 0.6 is 0 Å². The molecular formula is C12H25NO5S. The zero-order chi connectivity index (χ0) is 14.9. The Labute approximate surface area is 115 Å². The van der Waals surface area contributed by atoms with Gasteiger partial charge in [-0.3, -0.25) is 4.79 Å². The monoisotopic (exact) mass is 295 g/mol. The Morgan fingerprint density at radius 1 is 1.32 bits per heavy atom. The summed E-state index contributed by atoms with van der Waals surface area (Å²) in [6.07, 6.45) is 3.72. The second-order valence-electron chi connectivity index (χ2n) is 4.68. The van der Waals surface area contributed by atoms with Crippen LogP contribution < -0.4 is 0 Å². The van der Waals surface area contributed by atoms with E-state index in [1.807, 2.05) is 0 Å². The van der Waals surface area contributed by atoms with E-state index in [4.69, 9.17) is 9.84 Å². The minimum absolute atomic E-state index is 0.00310. The number of rotatable bonds is 11. The van der Waals surface area contributed by atoms with Gasteiger partial charge in [-0.25, -0.2) is 12.7 Å². The maximum Gasteiger partial charge on any atom is 0.307 e. The van der Waals surface area contributed by atoms with Crippen LogP contribution in [0.4, 0.5) is 0 Å². The van der Waals surface area contributed by atoms with Gasteiger partial charge in [-0.2, -0.15) is 0 Å². The molecule has 0 radical (unpaired) electrons. The lowest BCUT2D eigenvalue weighted by Crippen LogP contribution is -2.37. The van der Waals surface area contributed by atoms with Gasteiger partial charge >= 0.3 is 5.97 Å². The van der Waals surface area contributed by atoms with Gasteiger partial charge < -0.3 is 9.84 Å². The molecule has 19 heavy (non-hydrogen) atoms. The van der Waals surface area contributed by atoms with Gasteiger partial charge in [-0.15, -0.1) is 0 Å². The fraction of sp³-hybridized carbons (Fsp3) is 0.917. The number of aliphatic carboxylic acids is 1. The molecule has 0 saturated carbocycles. The molecule has 0 fully saturated rings. The van der Waals surface area contributed by atoms with E-state index in [9.17, 15) is 13.2 Å². The van der Waals surface area contributed by atoms with Gasteiger partial charge in [0.15, 0.2) is 0 Å². The van der Waals surface area contributed by atoms with Crippen molar-refractivity contribution in [2.24, 2.45) is 5.92 Å². The highest BCUT2D eigenvalue weighted by Crippen LogP contribution is 2.06. The van der Waals surface area contributed by atoms with Crippen molar-refractivity contribution in [1.29, 1.82) is 0 Å². The lowest BCUT2D eigenvalue weighted by molar-refractivity contribution is -0.141. The van der Waals surface area contributed by atoms with Crippen LogP contribution in [0.1, 0.15) is 33.1 Å². The highest BCUT2D eigenvalue weighted by molar-refractivity contribution is 7.88. The SMILES string of the molecule is CCCCOCCCN(CC(C)C(=O)O)S(C)(=O)=O. The van der Waals surface area contributed by atoms with E-state index in [1.54, 1.807) is 0 Å². The molecule has 1 N–H and O–H groups in total. The molecule has 0 aliphatic rings. The maximum absolute atomic E-state index is 11.5. The van der Waals surface area contributed by atoms with Crippen LogP contribution in [0.3, 0.4) is 0 Å². The number of nitrogens with zero attached hydrogens (tertiary/aromatic N) is 1. The molecule has 0 aromatic rings. The minimum Gasteiger partial charge on any atom is -0.481 e. The quantitative estimate of drug-likeness (QED) is 0.579. The number of carbonyl (C=O) groups is 1. The second kappa shape index (κ2) is 9.28. The number of ether oxygens (including phenoxy) is 1.